The van der Waals surface area contributed by atoms with Gasteiger partial charge in [0, 0.05) is 6.42 Å². The van der Waals surface area contributed by atoms with Gasteiger partial charge < -0.3 is 5.11 Å². The Balaban J connectivity index is 2.81. The molecule has 2 nitrogen and oxygen atoms in total. The fourth-order valence-electron chi connectivity index (χ4n) is 2.09. The predicted octanol–water partition coefficient (Wildman–Crippen LogP) is 2.07. The molecule has 1 N–H and O–H groups in total. The van der Waals surface area contributed by atoms with Crippen LogP contribution in [-0.2, 0) is 4.79 Å². The van der Waals surface area contributed by atoms with Crippen molar-refractivity contribution in [1.29, 1.82) is 0 Å². The Hall–Kier alpha value is -0.630. The van der Waals surface area contributed by atoms with Crippen molar-refractivity contribution < 1.29 is 9.90 Å². The van der Waals surface area contributed by atoms with E-state index in [4.69, 9.17) is 0 Å². The third kappa shape index (κ3) is 1.99. The summed E-state index contributed by atoms with van der Waals surface area (Å²) >= 11 is 0. The highest BCUT2D eigenvalue weighted by Gasteiger charge is 2.42. The minimum atomic E-state index is -0.565. The van der Waals surface area contributed by atoms with E-state index in [1.165, 1.54) is 0 Å². The number of aliphatic hydroxyl groups is 1. The van der Waals surface area contributed by atoms with Gasteiger partial charge in [-0.15, -0.1) is 6.58 Å². The average Bonchev–Trinajstić information content (AvgIpc) is 1.99. The maximum absolute atomic E-state index is 11.7. The van der Waals surface area contributed by atoms with Crippen molar-refractivity contribution in [3.05, 3.63) is 12.2 Å². The van der Waals surface area contributed by atoms with Crippen LogP contribution in [0.15, 0.2) is 12.2 Å². The van der Waals surface area contributed by atoms with Gasteiger partial charge in [-0.1, -0.05) is 5.57 Å². The van der Waals surface area contributed by atoms with E-state index in [-0.39, 0.29) is 5.78 Å². The number of carbonyl (C=O) groups excluding carboxylic acids is 1. The van der Waals surface area contributed by atoms with E-state index in [1.807, 2.05) is 13.8 Å². The topological polar surface area (TPSA) is 37.3 Å². The molecule has 0 radical (unpaired) electrons. The highest BCUT2D eigenvalue weighted by molar-refractivity contribution is 5.86. The predicted molar refractivity (Wildman–Crippen MR) is 52.4 cm³/mol. The number of hydrogen-bond donors (Lipinski definition) is 1. The first kappa shape index (κ1) is 10.5. The number of ketones is 1. The van der Waals surface area contributed by atoms with Gasteiger partial charge in [0.15, 0.2) is 0 Å². The summed E-state index contributed by atoms with van der Waals surface area (Å²) in [5.41, 5.74) is 0.404. The lowest BCUT2D eigenvalue weighted by Gasteiger charge is -2.37. The molecule has 0 aromatic rings. The van der Waals surface area contributed by atoms with E-state index in [2.05, 4.69) is 6.58 Å². The molecular formula is C11H18O2. The molecule has 13 heavy (non-hydrogen) atoms. The molecule has 0 aliphatic heterocycles. The Morgan fingerprint density at radius 1 is 1.77 bits per heavy atom. The zero-order valence-electron chi connectivity index (χ0n) is 8.47. The molecule has 0 aromatic carbocycles. The number of Topliss-reactive ketones (excluding diaryl/α,β-unsaturated/α-hetero) is 1. The van der Waals surface area contributed by atoms with Gasteiger partial charge in [-0.3, -0.25) is 4.79 Å². The van der Waals surface area contributed by atoms with Crippen LogP contribution in [0.5, 0.6) is 0 Å². The third-order valence-corrected chi connectivity index (χ3v) is 2.92. The lowest BCUT2D eigenvalue weighted by atomic mass is 9.69. The van der Waals surface area contributed by atoms with E-state index >= 15 is 0 Å². The highest BCUT2D eigenvalue weighted by Crippen LogP contribution is 2.37. The van der Waals surface area contributed by atoms with Gasteiger partial charge in [-0.05, 0) is 33.1 Å². The van der Waals surface area contributed by atoms with Crippen molar-refractivity contribution in [3.8, 4) is 0 Å². The first-order chi connectivity index (χ1) is 5.97. The summed E-state index contributed by atoms with van der Waals surface area (Å²) in [4.78, 5) is 11.7. The molecule has 1 aliphatic carbocycles. The van der Waals surface area contributed by atoms with Gasteiger partial charge in [0.1, 0.15) is 5.78 Å². The molecule has 0 spiro atoms. The second-order valence-corrected chi connectivity index (χ2v) is 4.38. The van der Waals surface area contributed by atoms with Gasteiger partial charge in [0.2, 0.25) is 0 Å². The Labute approximate surface area is 79.6 Å². The van der Waals surface area contributed by atoms with Crippen molar-refractivity contribution in [3.63, 3.8) is 0 Å². The zero-order valence-corrected chi connectivity index (χ0v) is 8.47. The van der Waals surface area contributed by atoms with Gasteiger partial charge in [0.05, 0.1) is 11.5 Å². The zero-order chi connectivity index (χ0) is 10.1. The summed E-state index contributed by atoms with van der Waals surface area (Å²) in [5.74, 6) is 0.189. The van der Waals surface area contributed by atoms with E-state index in [0.29, 0.717) is 12.8 Å². The molecule has 0 amide bonds. The summed E-state index contributed by atoms with van der Waals surface area (Å²) in [7, 11) is 0. The number of aliphatic hydroxyl groups excluding tert-OH is 1. The van der Waals surface area contributed by atoms with E-state index in [9.17, 15) is 9.90 Å². The number of hydrogen-bond acceptors (Lipinski definition) is 2. The van der Waals surface area contributed by atoms with Crippen LogP contribution in [0.4, 0.5) is 0 Å². The standard InChI is InChI=1S/C11H18O2/c1-8(2)7-11(3)9(12)5-4-6-10(11)13/h9,12H,1,4-7H2,2-3H3/t9-,11-/m1/s1. The van der Waals surface area contributed by atoms with Gasteiger partial charge in [-0.25, -0.2) is 0 Å². The van der Waals surface area contributed by atoms with Crippen molar-refractivity contribution in [2.45, 2.75) is 45.6 Å². The number of allylic oxidation sites excluding steroid dienone is 1. The van der Waals surface area contributed by atoms with Gasteiger partial charge >= 0.3 is 0 Å². The molecule has 1 rings (SSSR count). The van der Waals surface area contributed by atoms with Gasteiger partial charge in [-0.2, -0.15) is 0 Å². The molecule has 0 saturated heterocycles. The molecule has 0 bridgehead atoms. The Morgan fingerprint density at radius 3 is 2.85 bits per heavy atom. The first-order valence-corrected chi connectivity index (χ1v) is 4.82. The second-order valence-electron chi connectivity index (χ2n) is 4.38. The molecule has 2 atom stereocenters. The average molecular weight is 182 g/mol. The van der Waals surface area contributed by atoms with E-state index in [0.717, 1.165) is 18.4 Å². The molecule has 1 saturated carbocycles. The van der Waals surface area contributed by atoms with Crippen LogP contribution >= 0.6 is 0 Å². The lowest BCUT2D eigenvalue weighted by Crippen LogP contribution is -2.43. The lowest BCUT2D eigenvalue weighted by molar-refractivity contribution is -0.138. The summed E-state index contributed by atoms with van der Waals surface area (Å²) < 4.78 is 0. The molecule has 1 aliphatic rings. The van der Waals surface area contributed by atoms with Crippen LogP contribution < -0.4 is 0 Å². The van der Waals surface area contributed by atoms with Crippen LogP contribution in [0.1, 0.15) is 39.5 Å². The Morgan fingerprint density at radius 2 is 2.38 bits per heavy atom. The minimum absolute atomic E-state index is 0.189. The van der Waals surface area contributed by atoms with Crippen molar-refractivity contribution in [1.82, 2.24) is 0 Å². The Kier molecular flexibility index (Phi) is 2.91. The smallest absolute Gasteiger partial charge is 0.141 e. The summed E-state index contributed by atoms with van der Waals surface area (Å²) in [6.45, 7) is 7.56. The van der Waals surface area contributed by atoms with Crippen LogP contribution in [-0.4, -0.2) is 17.0 Å². The first-order valence-electron chi connectivity index (χ1n) is 4.82. The normalized spacial score (nSPS) is 34.7. The maximum atomic E-state index is 11.7. The molecule has 0 unspecified atom stereocenters. The molecule has 1 fully saturated rings. The fraction of sp³-hybridized carbons (Fsp3) is 0.727. The van der Waals surface area contributed by atoms with Crippen molar-refractivity contribution in [2.75, 3.05) is 0 Å². The SMILES string of the molecule is C=C(C)C[C@@]1(C)C(=O)CCC[C@H]1O. The third-order valence-electron chi connectivity index (χ3n) is 2.92. The van der Waals surface area contributed by atoms with Crippen LogP contribution in [0, 0.1) is 5.41 Å². The second kappa shape index (κ2) is 3.62. The molecule has 0 aromatic heterocycles. The van der Waals surface area contributed by atoms with E-state index in [1.54, 1.807) is 0 Å². The quantitative estimate of drug-likeness (QED) is 0.664. The largest absolute Gasteiger partial charge is 0.392 e. The summed E-state index contributed by atoms with van der Waals surface area (Å²) in [5, 5.41) is 9.79. The molecular weight excluding hydrogens is 164 g/mol. The number of rotatable bonds is 2. The molecule has 0 heterocycles. The number of carbonyl (C=O) groups is 1. The Bertz CT molecular complexity index is 232. The maximum Gasteiger partial charge on any atom is 0.141 e. The van der Waals surface area contributed by atoms with Crippen molar-refractivity contribution >= 4 is 5.78 Å². The molecule has 2 heteroatoms. The molecule has 74 valence electrons. The monoisotopic (exact) mass is 182 g/mol. The minimum Gasteiger partial charge on any atom is -0.392 e. The summed E-state index contributed by atoms with van der Waals surface area (Å²) in [6, 6.07) is 0. The fourth-order valence-corrected chi connectivity index (χ4v) is 2.09. The van der Waals surface area contributed by atoms with Crippen LogP contribution in [0.2, 0.25) is 0 Å². The van der Waals surface area contributed by atoms with E-state index < -0.39 is 11.5 Å². The van der Waals surface area contributed by atoms with Crippen molar-refractivity contribution in [2.24, 2.45) is 5.41 Å². The van der Waals surface area contributed by atoms with Crippen LogP contribution in [0.25, 0.3) is 0 Å². The summed E-state index contributed by atoms with van der Waals surface area (Å²) in [6.07, 6.45) is 2.32. The highest BCUT2D eigenvalue weighted by atomic mass is 16.3. The van der Waals surface area contributed by atoms with Gasteiger partial charge in [0.25, 0.3) is 0 Å². The van der Waals surface area contributed by atoms with Crippen LogP contribution in [0.3, 0.4) is 0 Å².